The van der Waals surface area contributed by atoms with E-state index in [9.17, 15) is 4.79 Å². The summed E-state index contributed by atoms with van der Waals surface area (Å²) in [4.78, 5) is 19.5. The Balaban J connectivity index is 2.35. The van der Waals surface area contributed by atoms with E-state index in [-0.39, 0.29) is 5.56 Å². The average Bonchev–Trinajstić information content (AvgIpc) is 2.78. The van der Waals surface area contributed by atoms with E-state index < -0.39 is 5.97 Å². The van der Waals surface area contributed by atoms with Crippen LogP contribution in [0.25, 0.3) is 0 Å². The highest BCUT2D eigenvalue weighted by Gasteiger charge is 2.15. The second kappa shape index (κ2) is 5.47. The number of methoxy groups -OCH3 is 1. The van der Waals surface area contributed by atoms with Gasteiger partial charge < -0.3 is 10.1 Å². The zero-order valence-corrected chi connectivity index (χ0v) is 11.0. The van der Waals surface area contributed by atoms with E-state index in [4.69, 9.17) is 4.74 Å². The summed E-state index contributed by atoms with van der Waals surface area (Å²) in [5, 5.41) is 7.41. The van der Waals surface area contributed by atoms with Gasteiger partial charge in [0.25, 0.3) is 0 Å². The van der Waals surface area contributed by atoms with E-state index in [2.05, 4.69) is 20.4 Å². The maximum Gasteiger partial charge on any atom is 0.343 e. The van der Waals surface area contributed by atoms with Crippen LogP contribution in [-0.4, -0.2) is 32.8 Å². The molecule has 0 amide bonds. The number of ether oxygens (including phenoxy) is 1. The number of nitrogens with one attached hydrogen (secondary N) is 1. The Hall–Kier alpha value is -2.44. The molecule has 0 aliphatic rings. The molecule has 0 saturated carbocycles. The molecule has 0 aliphatic heterocycles. The quantitative estimate of drug-likeness (QED) is 0.835. The topological polar surface area (TPSA) is 81.9 Å². The first kappa shape index (κ1) is 13.0. The molecule has 7 heteroatoms. The number of carbonyl (C=O) groups is 1. The third-order valence-electron chi connectivity index (χ3n) is 2.61. The Morgan fingerprint density at radius 2 is 2.32 bits per heavy atom. The van der Waals surface area contributed by atoms with Gasteiger partial charge in [-0.15, -0.1) is 0 Å². The van der Waals surface area contributed by atoms with Crippen molar-refractivity contribution in [3.8, 4) is 0 Å². The molecular formula is C12H15N5O2. The predicted octanol–water partition coefficient (Wildman–Crippen LogP) is 1.30. The molecular weight excluding hydrogens is 246 g/mol. The monoisotopic (exact) mass is 261 g/mol. The first-order valence-electron chi connectivity index (χ1n) is 5.83. The number of hydrogen-bond donors (Lipinski definition) is 1. The van der Waals surface area contributed by atoms with E-state index in [1.54, 1.807) is 4.68 Å². The van der Waals surface area contributed by atoms with Gasteiger partial charge in [-0.05, 0) is 6.42 Å². The van der Waals surface area contributed by atoms with Crippen LogP contribution in [0.4, 0.5) is 11.5 Å². The number of hydrogen-bond acceptors (Lipinski definition) is 6. The van der Waals surface area contributed by atoms with Crippen LogP contribution in [0.15, 0.2) is 18.7 Å². The van der Waals surface area contributed by atoms with Crippen molar-refractivity contribution in [3.63, 3.8) is 0 Å². The van der Waals surface area contributed by atoms with Gasteiger partial charge >= 0.3 is 5.97 Å². The smallest absolute Gasteiger partial charge is 0.343 e. The zero-order valence-electron chi connectivity index (χ0n) is 11.0. The van der Waals surface area contributed by atoms with Gasteiger partial charge in [-0.3, -0.25) is 4.68 Å². The second-order valence-electron chi connectivity index (χ2n) is 3.92. The molecule has 0 aliphatic carbocycles. The summed E-state index contributed by atoms with van der Waals surface area (Å²) >= 11 is 0. The molecule has 2 aromatic heterocycles. The lowest BCUT2D eigenvalue weighted by atomic mass is 10.2. The summed E-state index contributed by atoms with van der Waals surface area (Å²) in [6, 6.07) is 0. The molecule has 0 aromatic carbocycles. The molecule has 0 atom stereocenters. The average molecular weight is 261 g/mol. The van der Waals surface area contributed by atoms with Gasteiger partial charge in [0, 0.05) is 19.4 Å². The van der Waals surface area contributed by atoms with Gasteiger partial charge in [-0.1, -0.05) is 6.92 Å². The number of aromatic nitrogens is 4. The van der Waals surface area contributed by atoms with Gasteiger partial charge in [0.15, 0.2) is 0 Å². The lowest BCUT2D eigenvalue weighted by molar-refractivity contribution is 0.0601. The Labute approximate surface area is 110 Å². The number of anilines is 2. The number of esters is 1. The number of carbonyl (C=O) groups excluding carboxylic acids is 1. The summed E-state index contributed by atoms with van der Waals surface area (Å²) in [6.07, 6.45) is 5.41. The molecule has 0 spiro atoms. The molecule has 2 aromatic rings. The van der Waals surface area contributed by atoms with Gasteiger partial charge in [0.1, 0.15) is 17.7 Å². The molecule has 0 bridgehead atoms. The largest absolute Gasteiger partial charge is 0.465 e. The first-order valence-corrected chi connectivity index (χ1v) is 5.83. The molecule has 0 unspecified atom stereocenters. The first-order chi connectivity index (χ1) is 9.15. The van der Waals surface area contributed by atoms with Gasteiger partial charge in [-0.2, -0.15) is 5.10 Å². The van der Waals surface area contributed by atoms with Crippen molar-refractivity contribution >= 4 is 17.5 Å². The van der Waals surface area contributed by atoms with Crippen LogP contribution in [-0.2, 0) is 18.2 Å². The van der Waals surface area contributed by atoms with Gasteiger partial charge in [0.05, 0.1) is 18.5 Å². The SMILES string of the molecule is CCc1nn(C)cc1Nc1ncncc1C(=O)OC. The summed E-state index contributed by atoms with van der Waals surface area (Å²) in [7, 11) is 3.16. The number of rotatable bonds is 4. The highest BCUT2D eigenvalue weighted by molar-refractivity contribution is 5.94. The van der Waals surface area contributed by atoms with Crippen molar-refractivity contribution in [3.05, 3.63) is 30.0 Å². The van der Waals surface area contributed by atoms with Gasteiger partial charge in [-0.25, -0.2) is 14.8 Å². The van der Waals surface area contributed by atoms with E-state index in [0.717, 1.165) is 17.8 Å². The maximum atomic E-state index is 11.6. The molecule has 1 N–H and O–H groups in total. The molecule has 2 rings (SSSR count). The minimum atomic E-state index is -0.481. The number of nitrogens with zero attached hydrogens (tertiary/aromatic N) is 4. The molecule has 100 valence electrons. The minimum Gasteiger partial charge on any atom is -0.465 e. The van der Waals surface area contributed by atoms with Crippen LogP contribution in [0.5, 0.6) is 0 Å². The Morgan fingerprint density at radius 1 is 1.53 bits per heavy atom. The summed E-state index contributed by atoms with van der Waals surface area (Å²) < 4.78 is 6.41. The van der Waals surface area contributed by atoms with Crippen LogP contribution < -0.4 is 5.32 Å². The Kier molecular flexibility index (Phi) is 3.74. The van der Waals surface area contributed by atoms with E-state index in [1.807, 2.05) is 20.2 Å². The van der Waals surface area contributed by atoms with Crippen LogP contribution in [0, 0.1) is 0 Å². The minimum absolute atomic E-state index is 0.288. The number of aryl methyl sites for hydroxylation is 2. The van der Waals surface area contributed by atoms with Crippen LogP contribution in [0.1, 0.15) is 23.0 Å². The lowest BCUT2D eigenvalue weighted by Crippen LogP contribution is -2.08. The molecule has 19 heavy (non-hydrogen) atoms. The summed E-state index contributed by atoms with van der Waals surface area (Å²) in [6.45, 7) is 2.01. The van der Waals surface area contributed by atoms with Crippen molar-refractivity contribution in [2.75, 3.05) is 12.4 Å². The van der Waals surface area contributed by atoms with Crippen molar-refractivity contribution in [2.45, 2.75) is 13.3 Å². The van der Waals surface area contributed by atoms with E-state index in [0.29, 0.717) is 5.82 Å². The Bertz CT molecular complexity index is 594. The molecule has 0 radical (unpaired) electrons. The van der Waals surface area contributed by atoms with Crippen LogP contribution >= 0.6 is 0 Å². The summed E-state index contributed by atoms with van der Waals surface area (Å²) in [5.41, 5.74) is 2.00. The predicted molar refractivity (Wildman–Crippen MR) is 69.2 cm³/mol. The molecule has 2 heterocycles. The Morgan fingerprint density at radius 3 is 3.00 bits per heavy atom. The lowest BCUT2D eigenvalue weighted by Gasteiger charge is -2.08. The van der Waals surface area contributed by atoms with Crippen molar-refractivity contribution in [1.82, 2.24) is 19.7 Å². The maximum absolute atomic E-state index is 11.6. The molecule has 7 nitrogen and oxygen atoms in total. The third-order valence-corrected chi connectivity index (χ3v) is 2.61. The van der Waals surface area contributed by atoms with E-state index >= 15 is 0 Å². The molecule has 0 fully saturated rings. The fraction of sp³-hybridized carbons (Fsp3) is 0.333. The fourth-order valence-electron chi connectivity index (χ4n) is 1.72. The normalized spacial score (nSPS) is 10.3. The van der Waals surface area contributed by atoms with E-state index in [1.165, 1.54) is 19.6 Å². The van der Waals surface area contributed by atoms with Crippen molar-refractivity contribution < 1.29 is 9.53 Å². The van der Waals surface area contributed by atoms with Crippen molar-refractivity contribution in [1.29, 1.82) is 0 Å². The molecule has 0 saturated heterocycles. The second-order valence-corrected chi connectivity index (χ2v) is 3.92. The third kappa shape index (κ3) is 2.70. The highest BCUT2D eigenvalue weighted by Crippen LogP contribution is 2.21. The van der Waals surface area contributed by atoms with Crippen molar-refractivity contribution in [2.24, 2.45) is 7.05 Å². The van der Waals surface area contributed by atoms with Gasteiger partial charge in [0.2, 0.25) is 0 Å². The standard InChI is InChI=1S/C12H15N5O2/c1-4-9-10(6-17(2)16-9)15-11-8(12(18)19-3)5-13-7-14-11/h5-7H,4H2,1-3H3,(H,13,14,15). The van der Waals surface area contributed by atoms with Crippen LogP contribution in [0.3, 0.4) is 0 Å². The summed E-state index contributed by atoms with van der Waals surface area (Å²) in [5.74, 6) is -0.0745. The highest BCUT2D eigenvalue weighted by atomic mass is 16.5. The van der Waals surface area contributed by atoms with Crippen LogP contribution in [0.2, 0.25) is 0 Å². The fourth-order valence-corrected chi connectivity index (χ4v) is 1.72. The zero-order chi connectivity index (χ0) is 13.8.